The SMILES string of the molecule is O=C(O)c1occc1CN1CCC(C(=O)NCc2ccccc2)CC1. The first-order valence-electron chi connectivity index (χ1n) is 8.47. The molecule has 0 saturated carbocycles. The highest BCUT2D eigenvalue weighted by Gasteiger charge is 2.26. The van der Waals surface area contributed by atoms with E-state index in [0.717, 1.165) is 31.5 Å². The molecule has 1 fully saturated rings. The molecule has 0 aliphatic carbocycles. The molecule has 2 aromatic rings. The van der Waals surface area contributed by atoms with E-state index in [-0.39, 0.29) is 17.6 Å². The van der Waals surface area contributed by atoms with Crippen molar-refractivity contribution < 1.29 is 19.1 Å². The Kier molecular flexibility index (Phi) is 5.50. The summed E-state index contributed by atoms with van der Waals surface area (Å²) in [5.74, 6) is -0.931. The van der Waals surface area contributed by atoms with Gasteiger partial charge in [0.05, 0.1) is 6.26 Å². The molecule has 25 heavy (non-hydrogen) atoms. The van der Waals surface area contributed by atoms with Crippen LogP contribution in [0.3, 0.4) is 0 Å². The summed E-state index contributed by atoms with van der Waals surface area (Å²) in [6.07, 6.45) is 2.96. The van der Waals surface area contributed by atoms with Gasteiger partial charge in [-0.05, 0) is 37.6 Å². The molecule has 1 aliphatic rings. The number of hydrogen-bond acceptors (Lipinski definition) is 4. The lowest BCUT2D eigenvalue weighted by Crippen LogP contribution is -2.40. The number of likely N-dealkylation sites (tertiary alicyclic amines) is 1. The summed E-state index contributed by atoms with van der Waals surface area (Å²) < 4.78 is 5.01. The lowest BCUT2D eigenvalue weighted by atomic mass is 9.95. The number of nitrogens with one attached hydrogen (secondary N) is 1. The molecule has 6 heteroatoms. The summed E-state index contributed by atoms with van der Waals surface area (Å²) >= 11 is 0. The Morgan fingerprint density at radius 1 is 1.16 bits per heavy atom. The fourth-order valence-corrected chi connectivity index (χ4v) is 3.17. The number of carboxylic acid groups (broad SMARTS) is 1. The predicted molar refractivity (Wildman–Crippen MR) is 92.0 cm³/mol. The summed E-state index contributed by atoms with van der Waals surface area (Å²) in [4.78, 5) is 25.6. The van der Waals surface area contributed by atoms with E-state index in [9.17, 15) is 9.59 Å². The van der Waals surface area contributed by atoms with E-state index in [1.54, 1.807) is 6.07 Å². The average molecular weight is 342 g/mol. The van der Waals surface area contributed by atoms with Crippen molar-refractivity contribution in [1.29, 1.82) is 0 Å². The Labute approximate surface area is 146 Å². The van der Waals surface area contributed by atoms with Gasteiger partial charge in [-0.1, -0.05) is 30.3 Å². The summed E-state index contributed by atoms with van der Waals surface area (Å²) in [5.41, 5.74) is 1.77. The molecule has 1 aromatic carbocycles. The van der Waals surface area contributed by atoms with Gasteiger partial charge in [-0.3, -0.25) is 9.69 Å². The van der Waals surface area contributed by atoms with Crippen LogP contribution < -0.4 is 5.32 Å². The largest absolute Gasteiger partial charge is 0.475 e. The number of aromatic carboxylic acids is 1. The fourth-order valence-electron chi connectivity index (χ4n) is 3.17. The van der Waals surface area contributed by atoms with Crippen molar-refractivity contribution in [3.8, 4) is 0 Å². The molecule has 0 radical (unpaired) electrons. The van der Waals surface area contributed by atoms with Crippen LogP contribution in [0.25, 0.3) is 0 Å². The zero-order chi connectivity index (χ0) is 17.6. The number of rotatable bonds is 6. The van der Waals surface area contributed by atoms with Crippen molar-refractivity contribution in [2.45, 2.75) is 25.9 Å². The summed E-state index contributed by atoms with van der Waals surface area (Å²) in [6, 6.07) is 11.6. The van der Waals surface area contributed by atoms with E-state index in [2.05, 4.69) is 10.2 Å². The van der Waals surface area contributed by atoms with E-state index < -0.39 is 5.97 Å². The maximum atomic E-state index is 12.3. The third-order valence-electron chi connectivity index (χ3n) is 4.60. The van der Waals surface area contributed by atoms with Gasteiger partial charge in [0.15, 0.2) is 0 Å². The van der Waals surface area contributed by atoms with E-state index in [1.807, 2.05) is 30.3 Å². The smallest absolute Gasteiger partial charge is 0.372 e. The second-order valence-corrected chi connectivity index (χ2v) is 6.33. The van der Waals surface area contributed by atoms with Crippen LogP contribution >= 0.6 is 0 Å². The zero-order valence-corrected chi connectivity index (χ0v) is 14.0. The molecule has 2 heterocycles. The van der Waals surface area contributed by atoms with Gasteiger partial charge in [0, 0.05) is 24.6 Å². The van der Waals surface area contributed by atoms with Crippen LogP contribution in [0.4, 0.5) is 0 Å². The topological polar surface area (TPSA) is 82.8 Å². The molecular formula is C19H22N2O4. The fraction of sp³-hybridized carbons (Fsp3) is 0.368. The van der Waals surface area contributed by atoms with Crippen LogP contribution in [0.15, 0.2) is 47.1 Å². The summed E-state index contributed by atoms with van der Waals surface area (Å²) in [6.45, 7) is 2.63. The Bertz CT molecular complexity index is 718. The van der Waals surface area contributed by atoms with Crippen LogP contribution in [0, 0.1) is 5.92 Å². The lowest BCUT2D eigenvalue weighted by Gasteiger charge is -2.31. The first kappa shape index (κ1) is 17.2. The van der Waals surface area contributed by atoms with Crippen LogP contribution in [0.1, 0.15) is 34.5 Å². The quantitative estimate of drug-likeness (QED) is 0.843. The van der Waals surface area contributed by atoms with Crippen LogP contribution in [-0.4, -0.2) is 35.0 Å². The number of nitrogens with zero attached hydrogens (tertiary/aromatic N) is 1. The van der Waals surface area contributed by atoms with Crippen LogP contribution in [0.2, 0.25) is 0 Å². The predicted octanol–water partition coefficient (Wildman–Crippen LogP) is 2.51. The monoisotopic (exact) mass is 342 g/mol. The minimum atomic E-state index is -1.05. The molecule has 1 saturated heterocycles. The highest BCUT2D eigenvalue weighted by Crippen LogP contribution is 2.21. The molecule has 3 rings (SSSR count). The minimum Gasteiger partial charge on any atom is -0.475 e. The first-order chi connectivity index (χ1) is 12.1. The van der Waals surface area contributed by atoms with Gasteiger partial charge in [-0.2, -0.15) is 0 Å². The lowest BCUT2D eigenvalue weighted by molar-refractivity contribution is -0.126. The number of benzene rings is 1. The van der Waals surface area contributed by atoms with Gasteiger partial charge < -0.3 is 14.8 Å². The molecular weight excluding hydrogens is 320 g/mol. The highest BCUT2D eigenvalue weighted by atomic mass is 16.4. The molecule has 0 spiro atoms. The molecule has 0 bridgehead atoms. The van der Waals surface area contributed by atoms with Gasteiger partial charge in [-0.25, -0.2) is 4.79 Å². The average Bonchev–Trinajstić information content (AvgIpc) is 3.09. The van der Waals surface area contributed by atoms with Gasteiger partial charge in [0.2, 0.25) is 11.7 Å². The van der Waals surface area contributed by atoms with Gasteiger partial charge in [0.1, 0.15) is 0 Å². The molecule has 1 aromatic heterocycles. The molecule has 1 aliphatic heterocycles. The van der Waals surface area contributed by atoms with Gasteiger partial charge >= 0.3 is 5.97 Å². The third-order valence-corrected chi connectivity index (χ3v) is 4.60. The number of hydrogen-bond donors (Lipinski definition) is 2. The first-order valence-corrected chi connectivity index (χ1v) is 8.47. The van der Waals surface area contributed by atoms with Crippen molar-refractivity contribution in [2.75, 3.05) is 13.1 Å². The maximum Gasteiger partial charge on any atom is 0.372 e. The minimum absolute atomic E-state index is 0.00253. The molecule has 2 N–H and O–H groups in total. The number of amides is 1. The number of carbonyl (C=O) groups is 2. The van der Waals surface area contributed by atoms with E-state index >= 15 is 0 Å². The highest BCUT2D eigenvalue weighted by molar-refractivity contribution is 5.86. The van der Waals surface area contributed by atoms with Crippen LogP contribution in [-0.2, 0) is 17.9 Å². The standard InChI is InChI=1S/C19H22N2O4/c22-18(20-12-14-4-2-1-3-5-14)15-6-9-21(10-7-15)13-16-8-11-25-17(16)19(23)24/h1-5,8,11,15H,6-7,9-10,12-13H2,(H,20,22)(H,23,24). The Hall–Kier alpha value is -2.60. The Balaban J connectivity index is 1.46. The number of carbonyl (C=O) groups excluding carboxylic acids is 1. The molecule has 0 unspecified atom stereocenters. The van der Waals surface area contributed by atoms with Crippen molar-refractivity contribution in [3.05, 3.63) is 59.5 Å². The maximum absolute atomic E-state index is 12.3. The van der Waals surface area contributed by atoms with E-state index in [4.69, 9.17) is 9.52 Å². The summed E-state index contributed by atoms with van der Waals surface area (Å²) in [7, 11) is 0. The molecule has 6 nitrogen and oxygen atoms in total. The number of piperidine rings is 1. The van der Waals surface area contributed by atoms with Gasteiger partial charge in [0.25, 0.3) is 0 Å². The number of furan rings is 1. The van der Waals surface area contributed by atoms with Crippen molar-refractivity contribution in [1.82, 2.24) is 10.2 Å². The third kappa shape index (κ3) is 4.48. The van der Waals surface area contributed by atoms with E-state index in [1.165, 1.54) is 6.26 Å². The molecule has 0 atom stereocenters. The van der Waals surface area contributed by atoms with Crippen molar-refractivity contribution in [2.24, 2.45) is 5.92 Å². The van der Waals surface area contributed by atoms with Crippen LogP contribution in [0.5, 0.6) is 0 Å². The van der Waals surface area contributed by atoms with Gasteiger partial charge in [-0.15, -0.1) is 0 Å². The Morgan fingerprint density at radius 3 is 2.56 bits per heavy atom. The Morgan fingerprint density at radius 2 is 1.88 bits per heavy atom. The molecule has 1 amide bonds. The summed E-state index contributed by atoms with van der Waals surface area (Å²) in [5, 5.41) is 12.1. The van der Waals surface area contributed by atoms with Crippen molar-refractivity contribution in [3.63, 3.8) is 0 Å². The van der Waals surface area contributed by atoms with Crippen molar-refractivity contribution >= 4 is 11.9 Å². The van der Waals surface area contributed by atoms with E-state index in [0.29, 0.717) is 18.7 Å². The zero-order valence-electron chi connectivity index (χ0n) is 14.0. The normalized spacial score (nSPS) is 15.8. The number of carboxylic acids is 1. The molecule has 132 valence electrons. The second kappa shape index (κ2) is 7.98. The second-order valence-electron chi connectivity index (χ2n) is 6.33.